The highest BCUT2D eigenvalue weighted by molar-refractivity contribution is 5.92. The van der Waals surface area contributed by atoms with E-state index in [9.17, 15) is 29.4 Å². The number of carbonyl (C=O) groups excluding carboxylic acids is 2. The Labute approximate surface area is 261 Å². The van der Waals surface area contributed by atoms with E-state index in [4.69, 9.17) is 9.47 Å². The Balaban J connectivity index is 1.13. The van der Waals surface area contributed by atoms with Gasteiger partial charge in [-0.25, -0.2) is 23.4 Å². The molecule has 2 aliphatic heterocycles. The monoisotopic (exact) mass is 641 g/mol. The molecule has 0 radical (unpaired) electrons. The fourth-order valence-electron chi connectivity index (χ4n) is 5.86. The number of nitrogens with one attached hydrogen (secondary N) is 1. The van der Waals surface area contributed by atoms with Crippen molar-refractivity contribution in [2.24, 2.45) is 0 Å². The number of rotatable bonds is 9. The van der Waals surface area contributed by atoms with Crippen LogP contribution in [0.15, 0.2) is 35.3 Å². The van der Waals surface area contributed by atoms with Gasteiger partial charge in [0, 0.05) is 38.3 Å². The van der Waals surface area contributed by atoms with Gasteiger partial charge in [-0.05, 0) is 50.3 Å². The second kappa shape index (κ2) is 12.2. The first-order chi connectivity index (χ1) is 21.9. The normalized spacial score (nSPS) is 21.7. The summed E-state index contributed by atoms with van der Waals surface area (Å²) in [5, 5.41) is 23.3. The summed E-state index contributed by atoms with van der Waals surface area (Å²) in [6.07, 6.45) is 2.46. The molecule has 2 amide bonds. The van der Waals surface area contributed by atoms with Gasteiger partial charge in [0.1, 0.15) is 29.5 Å². The van der Waals surface area contributed by atoms with Crippen LogP contribution in [0.3, 0.4) is 0 Å². The second-order valence-electron chi connectivity index (χ2n) is 12.0. The van der Waals surface area contributed by atoms with Crippen LogP contribution < -0.4 is 25.3 Å². The maximum atomic E-state index is 15.4. The molecule has 1 aromatic carbocycles. The third-order valence-electron chi connectivity index (χ3n) is 8.50. The molecule has 1 aliphatic carbocycles. The number of ether oxygens (including phenoxy) is 2. The standard InChI is InChI=1S/C31H33F2N5O8/c1-17(39)34-13-20-14-38(30(43)46-20)19-5-6-25(23(32)11-19)45-16-31(44)7-2-9-36(10-8-31)28-24(33)12-21-26(40)22(29(41)42)15-37(18-3-4-18)27(21)35-28/h5-6,11-12,15,18,20,44H,2-4,7-10,13-14,16H2,1H3,(H,34,39)(H,41,42). The number of halogens is 2. The van der Waals surface area contributed by atoms with Crippen molar-refractivity contribution in [1.29, 1.82) is 0 Å². The molecule has 2 aromatic heterocycles. The van der Waals surface area contributed by atoms with Gasteiger partial charge >= 0.3 is 12.1 Å². The summed E-state index contributed by atoms with van der Waals surface area (Å²) >= 11 is 0. The van der Waals surface area contributed by atoms with E-state index in [0.717, 1.165) is 25.0 Å². The van der Waals surface area contributed by atoms with Crippen LogP contribution in [0.4, 0.5) is 25.1 Å². The van der Waals surface area contributed by atoms with Crippen molar-refractivity contribution in [1.82, 2.24) is 14.9 Å². The SMILES string of the molecule is CC(=O)NCC1CN(c2ccc(OCC3(O)CCCN(c4nc5c(cc4F)c(=O)c(C(=O)O)cn5C4CC4)CC3)c(F)c2)C(=O)O1. The van der Waals surface area contributed by atoms with Crippen LogP contribution in [-0.2, 0) is 9.53 Å². The van der Waals surface area contributed by atoms with Gasteiger partial charge < -0.3 is 34.5 Å². The maximum Gasteiger partial charge on any atom is 0.414 e. The van der Waals surface area contributed by atoms with Gasteiger partial charge in [-0.15, -0.1) is 0 Å². The number of carboxylic acids is 1. The summed E-state index contributed by atoms with van der Waals surface area (Å²) in [5.41, 5.74) is -2.15. The molecule has 0 spiro atoms. The Bertz CT molecular complexity index is 1780. The smallest absolute Gasteiger partial charge is 0.414 e. The summed E-state index contributed by atoms with van der Waals surface area (Å²) in [6, 6.07) is 4.99. The zero-order chi connectivity index (χ0) is 32.7. The van der Waals surface area contributed by atoms with Crippen molar-refractivity contribution in [2.75, 3.05) is 42.6 Å². The number of aromatic nitrogens is 2. The second-order valence-corrected chi connectivity index (χ2v) is 12.0. The quantitative estimate of drug-likeness (QED) is 0.317. The number of carbonyl (C=O) groups is 3. The molecule has 3 fully saturated rings. The summed E-state index contributed by atoms with van der Waals surface area (Å²) in [5.74, 6) is -3.30. The first-order valence-corrected chi connectivity index (χ1v) is 15.0. The molecule has 13 nitrogen and oxygen atoms in total. The first kappa shape index (κ1) is 31.2. The van der Waals surface area contributed by atoms with Crippen LogP contribution in [0.2, 0.25) is 0 Å². The van der Waals surface area contributed by atoms with Gasteiger partial charge in [0.15, 0.2) is 23.2 Å². The molecule has 2 saturated heterocycles. The van der Waals surface area contributed by atoms with E-state index in [-0.39, 0.29) is 79.3 Å². The van der Waals surface area contributed by atoms with Gasteiger partial charge in [-0.1, -0.05) is 0 Å². The molecule has 4 heterocycles. The van der Waals surface area contributed by atoms with Gasteiger partial charge in [-0.2, -0.15) is 0 Å². The van der Waals surface area contributed by atoms with Crippen molar-refractivity contribution in [2.45, 2.75) is 56.8 Å². The van der Waals surface area contributed by atoms with E-state index >= 15 is 8.78 Å². The third-order valence-corrected chi connectivity index (χ3v) is 8.50. The predicted molar refractivity (Wildman–Crippen MR) is 160 cm³/mol. The van der Waals surface area contributed by atoms with Crippen LogP contribution in [0.5, 0.6) is 5.75 Å². The number of hydrogen-bond acceptors (Lipinski definition) is 9. The Kier molecular flexibility index (Phi) is 8.27. The highest BCUT2D eigenvalue weighted by Crippen LogP contribution is 2.37. The molecule has 2 atom stereocenters. The summed E-state index contributed by atoms with van der Waals surface area (Å²) in [6.45, 7) is 1.90. The number of cyclic esters (lactones) is 1. The number of aliphatic hydroxyl groups is 1. The maximum absolute atomic E-state index is 15.4. The highest BCUT2D eigenvalue weighted by Gasteiger charge is 2.35. The Morgan fingerprint density at radius 2 is 1.93 bits per heavy atom. The lowest BCUT2D eigenvalue weighted by Gasteiger charge is -2.27. The average molecular weight is 642 g/mol. The number of carboxylic acid groups (broad SMARTS) is 1. The molecule has 0 bridgehead atoms. The number of pyridine rings is 2. The lowest BCUT2D eigenvalue weighted by Crippen LogP contribution is -2.37. The number of nitrogens with zero attached hydrogens (tertiary/aromatic N) is 4. The van der Waals surface area contributed by atoms with Crippen molar-refractivity contribution in [3.05, 3.63) is 57.9 Å². The Morgan fingerprint density at radius 3 is 2.63 bits per heavy atom. The fraction of sp³-hybridized carbons (Fsp3) is 0.452. The van der Waals surface area contributed by atoms with Gasteiger partial charge in [0.2, 0.25) is 11.3 Å². The topological polar surface area (TPSA) is 164 Å². The number of aromatic carboxylic acids is 1. The van der Waals surface area contributed by atoms with E-state index in [1.54, 1.807) is 9.47 Å². The Morgan fingerprint density at radius 1 is 1.15 bits per heavy atom. The molecule has 46 heavy (non-hydrogen) atoms. The van der Waals surface area contributed by atoms with E-state index in [1.807, 2.05) is 0 Å². The number of fused-ring (bicyclic) bond motifs is 1. The minimum Gasteiger partial charge on any atom is -0.488 e. The summed E-state index contributed by atoms with van der Waals surface area (Å²) in [7, 11) is 0. The van der Waals surface area contributed by atoms with Gasteiger partial charge in [0.25, 0.3) is 0 Å². The highest BCUT2D eigenvalue weighted by atomic mass is 19.1. The van der Waals surface area contributed by atoms with Gasteiger partial charge in [-0.3, -0.25) is 14.5 Å². The molecule has 1 saturated carbocycles. The Hall–Kier alpha value is -4.79. The minimum absolute atomic E-state index is 0.00377. The molecular weight excluding hydrogens is 608 g/mol. The van der Waals surface area contributed by atoms with Crippen molar-refractivity contribution in [3.63, 3.8) is 0 Å². The molecule has 3 N–H and O–H groups in total. The van der Waals surface area contributed by atoms with E-state index in [2.05, 4.69) is 10.3 Å². The third kappa shape index (κ3) is 6.32. The van der Waals surface area contributed by atoms with Crippen LogP contribution in [0.1, 0.15) is 55.4 Å². The van der Waals surface area contributed by atoms with Crippen LogP contribution in [0, 0.1) is 11.6 Å². The number of amides is 2. The largest absolute Gasteiger partial charge is 0.488 e. The average Bonchev–Trinajstić information content (AvgIpc) is 3.81. The van der Waals surface area contributed by atoms with E-state index < -0.39 is 46.4 Å². The number of anilines is 2. The van der Waals surface area contributed by atoms with Crippen molar-refractivity contribution < 1.29 is 42.9 Å². The molecular formula is C31H33F2N5O8. The summed E-state index contributed by atoms with van der Waals surface area (Å²) < 4.78 is 42.9. The number of hydrogen-bond donors (Lipinski definition) is 3. The van der Waals surface area contributed by atoms with E-state index in [0.29, 0.717) is 13.0 Å². The van der Waals surface area contributed by atoms with Crippen molar-refractivity contribution >= 4 is 40.5 Å². The van der Waals surface area contributed by atoms with Crippen LogP contribution in [0.25, 0.3) is 11.0 Å². The number of benzene rings is 1. The predicted octanol–water partition coefficient (Wildman–Crippen LogP) is 2.97. The lowest BCUT2D eigenvalue weighted by molar-refractivity contribution is -0.119. The van der Waals surface area contributed by atoms with Crippen molar-refractivity contribution in [3.8, 4) is 5.75 Å². The van der Waals surface area contributed by atoms with E-state index in [1.165, 1.54) is 30.2 Å². The molecule has 3 aromatic rings. The first-order valence-electron chi connectivity index (χ1n) is 15.0. The van der Waals surface area contributed by atoms with Crippen LogP contribution in [-0.4, -0.2) is 82.2 Å². The molecule has 2 unspecified atom stereocenters. The zero-order valence-electron chi connectivity index (χ0n) is 25.0. The molecule has 6 rings (SSSR count). The molecule has 15 heteroatoms. The molecule has 3 aliphatic rings. The zero-order valence-corrected chi connectivity index (χ0v) is 25.0. The molecule has 244 valence electrons. The summed E-state index contributed by atoms with van der Waals surface area (Å²) in [4.78, 5) is 55.3. The van der Waals surface area contributed by atoms with Crippen LogP contribution >= 0.6 is 0 Å². The lowest BCUT2D eigenvalue weighted by atomic mass is 9.96. The fourth-order valence-corrected chi connectivity index (χ4v) is 5.86. The van der Waals surface area contributed by atoms with Gasteiger partial charge in [0.05, 0.1) is 24.2 Å². The minimum atomic E-state index is -1.39.